The number of aryl methyl sites for hydroxylation is 1. The third-order valence-corrected chi connectivity index (χ3v) is 3.44. The SMILES string of the molecule is Cc1cc(C(=O)N=C(N)N)cc(S(N)(=O)=O)c1C.Cl. The maximum Gasteiger partial charge on any atom is 0.280 e. The fourth-order valence-electron chi connectivity index (χ4n) is 1.43. The highest BCUT2D eigenvalue weighted by Gasteiger charge is 2.17. The first kappa shape index (κ1) is 17.4. The minimum absolute atomic E-state index is 0. The van der Waals surface area contributed by atoms with E-state index >= 15 is 0 Å². The van der Waals surface area contributed by atoms with Crippen molar-refractivity contribution >= 4 is 34.3 Å². The molecule has 0 aliphatic carbocycles. The van der Waals surface area contributed by atoms with Gasteiger partial charge in [0.05, 0.1) is 4.90 Å². The number of nitrogens with two attached hydrogens (primary N) is 3. The third-order valence-electron chi connectivity index (χ3n) is 2.40. The smallest absolute Gasteiger partial charge is 0.280 e. The number of nitrogens with zero attached hydrogens (tertiary/aromatic N) is 1. The van der Waals surface area contributed by atoms with Crippen LogP contribution in [0.5, 0.6) is 0 Å². The van der Waals surface area contributed by atoms with E-state index in [9.17, 15) is 13.2 Å². The second kappa shape index (κ2) is 6.00. The van der Waals surface area contributed by atoms with Gasteiger partial charge in [-0.3, -0.25) is 4.79 Å². The third kappa shape index (κ3) is 4.19. The van der Waals surface area contributed by atoms with Crippen LogP contribution in [0.25, 0.3) is 0 Å². The molecule has 0 radical (unpaired) electrons. The number of aliphatic imine (C=N–C) groups is 1. The predicted octanol–water partition coefficient (Wildman–Crippen LogP) is -0.214. The molecule has 1 aromatic rings. The van der Waals surface area contributed by atoms with Gasteiger partial charge >= 0.3 is 0 Å². The fraction of sp³-hybridized carbons (Fsp3) is 0.200. The van der Waals surface area contributed by atoms with Crippen LogP contribution in [0, 0.1) is 13.8 Å². The number of primary sulfonamides is 1. The molecule has 0 heterocycles. The maximum atomic E-state index is 11.6. The Labute approximate surface area is 117 Å². The van der Waals surface area contributed by atoms with Crippen molar-refractivity contribution in [1.29, 1.82) is 0 Å². The molecular formula is C10H15ClN4O3S. The van der Waals surface area contributed by atoms with E-state index in [1.165, 1.54) is 6.07 Å². The first-order valence-electron chi connectivity index (χ1n) is 4.91. The van der Waals surface area contributed by atoms with Gasteiger partial charge in [0.1, 0.15) is 0 Å². The molecule has 0 atom stereocenters. The highest BCUT2D eigenvalue weighted by atomic mass is 35.5. The van der Waals surface area contributed by atoms with Crippen molar-refractivity contribution in [2.24, 2.45) is 21.6 Å². The molecule has 0 saturated carbocycles. The minimum atomic E-state index is -3.90. The number of halogens is 1. The average Bonchev–Trinajstić information content (AvgIpc) is 2.18. The average molecular weight is 307 g/mol. The van der Waals surface area contributed by atoms with Crippen molar-refractivity contribution in [3.63, 3.8) is 0 Å². The number of amides is 1. The van der Waals surface area contributed by atoms with Crippen molar-refractivity contribution in [2.75, 3.05) is 0 Å². The van der Waals surface area contributed by atoms with E-state index < -0.39 is 21.9 Å². The number of sulfonamides is 1. The number of guanidine groups is 1. The molecule has 0 aliphatic heterocycles. The number of hydrogen-bond donors (Lipinski definition) is 3. The normalized spacial score (nSPS) is 10.5. The van der Waals surface area contributed by atoms with E-state index in [0.29, 0.717) is 11.1 Å². The Hall–Kier alpha value is -1.64. The lowest BCUT2D eigenvalue weighted by molar-refractivity contribution is 0.100. The summed E-state index contributed by atoms with van der Waals surface area (Å²) in [5.41, 5.74) is 11.3. The highest BCUT2D eigenvalue weighted by molar-refractivity contribution is 7.89. The van der Waals surface area contributed by atoms with Gasteiger partial charge < -0.3 is 11.5 Å². The van der Waals surface area contributed by atoms with Gasteiger partial charge in [-0.15, -0.1) is 12.4 Å². The lowest BCUT2D eigenvalue weighted by Crippen LogP contribution is -2.24. The summed E-state index contributed by atoms with van der Waals surface area (Å²) in [5.74, 6) is -1.11. The van der Waals surface area contributed by atoms with Crippen LogP contribution in [0.2, 0.25) is 0 Å². The predicted molar refractivity (Wildman–Crippen MR) is 74.7 cm³/mol. The number of carbonyl (C=O) groups is 1. The second-order valence-electron chi connectivity index (χ2n) is 3.80. The van der Waals surface area contributed by atoms with Crippen LogP contribution in [0.1, 0.15) is 21.5 Å². The van der Waals surface area contributed by atoms with Gasteiger partial charge in [0.15, 0.2) is 5.96 Å². The molecule has 6 N–H and O–H groups in total. The first-order chi connectivity index (χ1) is 8.12. The van der Waals surface area contributed by atoms with Crippen molar-refractivity contribution in [3.05, 3.63) is 28.8 Å². The van der Waals surface area contributed by atoms with Crippen molar-refractivity contribution < 1.29 is 13.2 Å². The van der Waals surface area contributed by atoms with Crippen LogP contribution < -0.4 is 16.6 Å². The number of benzene rings is 1. The molecule has 0 bridgehead atoms. The molecule has 0 fully saturated rings. The second-order valence-corrected chi connectivity index (χ2v) is 5.33. The fourth-order valence-corrected chi connectivity index (χ4v) is 2.31. The zero-order valence-corrected chi connectivity index (χ0v) is 12.0. The molecule has 19 heavy (non-hydrogen) atoms. The quantitative estimate of drug-likeness (QED) is 0.512. The largest absolute Gasteiger partial charge is 0.370 e. The van der Waals surface area contributed by atoms with E-state index in [-0.39, 0.29) is 22.9 Å². The van der Waals surface area contributed by atoms with Crippen molar-refractivity contribution in [3.8, 4) is 0 Å². The summed E-state index contributed by atoms with van der Waals surface area (Å²) in [5, 5.41) is 5.07. The summed E-state index contributed by atoms with van der Waals surface area (Å²) in [6.45, 7) is 3.26. The molecule has 106 valence electrons. The maximum absolute atomic E-state index is 11.6. The van der Waals surface area contributed by atoms with Crippen LogP contribution in [-0.2, 0) is 10.0 Å². The van der Waals surface area contributed by atoms with Gasteiger partial charge in [-0.1, -0.05) is 0 Å². The summed E-state index contributed by atoms with van der Waals surface area (Å²) in [6.07, 6.45) is 0. The number of hydrogen-bond acceptors (Lipinski definition) is 3. The van der Waals surface area contributed by atoms with Gasteiger partial charge in [-0.2, -0.15) is 4.99 Å². The van der Waals surface area contributed by atoms with Crippen LogP contribution in [-0.4, -0.2) is 20.3 Å². The van der Waals surface area contributed by atoms with Crippen LogP contribution in [0.4, 0.5) is 0 Å². The molecule has 0 aliphatic rings. The summed E-state index contributed by atoms with van der Waals surface area (Å²) in [4.78, 5) is 14.8. The molecule has 1 rings (SSSR count). The van der Waals surface area contributed by atoms with Crippen LogP contribution in [0.3, 0.4) is 0 Å². The number of rotatable bonds is 2. The lowest BCUT2D eigenvalue weighted by atomic mass is 10.1. The molecule has 0 saturated heterocycles. The molecule has 1 aromatic carbocycles. The topological polar surface area (TPSA) is 142 Å². The summed E-state index contributed by atoms with van der Waals surface area (Å²) in [7, 11) is -3.90. The van der Waals surface area contributed by atoms with E-state index in [0.717, 1.165) is 6.07 Å². The summed E-state index contributed by atoms with van der Waals surface area (Å²) < 4.78 is 22.8. The van der Waals surface area contributed by atoms with Crippen LogP contribution in [0.15, 0.2) is 22.0 Å². The van der Waals surface area contributed by atoms with E-state index in [2.05, 4.69) is 4.99 Å². The van der Waals surface area contributed by atoms with Gasteiger partial charge in [0.25, 0.3) is 5.91 Å². The number of carbonyl (C=O) groups excluding carboxylic acids is 1. The minimum Gasteiger partial charge on any atom is -0.370 e. The Morgan fingerprint density at radius 2 is 1.74 bits per heavy atom. The Kier molecular flexibility index (Phi) is 5.48. The standard InChI is InChI=1S/C10H14N4O3S.ClH/c1-5-3-7(9(15)14-10(11)12)4-8(6(5)2)18(13,16)17;/h3-4H,1-2H3,(H2,13,16,17)(H4,11,12,14,15);1H. The zero-order chi connectivity index (χ0) is 14.1. The van der Waals surface area contributed by atoms with Crippen LogP contribution >= 0.6 is 12.4 Å². The molecule has 0 spiro atoms. The van der Waals surface area contributed by atoms with Gasteiger partial charge in [-0.25, -0.2) is 13.6 Å². The zero-order valence-electron chi connectivity index (χ0n) is 10.4. The summed E-state index contributed by atoms with van der Waals surface area (Å²) >= 11 is 0. The van der Waals surface area contributed by atoms with Crippen molar-refractivity contribution in [2.45, 2.75) is 18.7 Å². The Bertz CT molecular complexity index is 636. The molecule has 0 unspecified atom stereocenters. The van der Waals surface area contributed by atoms with E-state index in [4.69, 9.17) is 16.6 Å². The molecule has 0 aromatic heterocycles. The highest BCUT2D eigenvalue weighted by Crippen LogP contribution is 2.20. The Balaban J connectivity index is 0.00000324. The Morgan fingerprint density at radius 1 is 1.21 bits per heavy atom. The summed E-state index contributed by atoms with van der Waals surface area (Å²) in [6, 6.07) is 2.66. The van der Waals surface area contributed by atoms with Gasteiger partial charge in [-0.05, 0) is 37.1 Å². The monoisotopic (exact) mass is 306 g/mol. The lowest BCUT2D eigenvalue weighted by Gasteiger charge is -2.08. The van der Waals surface area contributed by atoms with E-state index in [1.54, 1.807) is 13.8 Å². The molecule has 7 nitrogen and oxygen atoms in total. The molecular weight excluding hydrogens is 292 g/mol. The van der Waals surface area contributed by atoms with Gasteiger partial charge in [0.2, 0.25) is 10.0 Å². The van der Waals surface area contributed by atoms with Gasteiger partial charge in [0, 0.05) is 5.56 Å². The van der Waals surface area contributed by atoms with E-state index in [1.807, 2.05) is 0 Å². The molecule has 9 heteroatoms. The first-order valence-corrected chi connectivity index (χ1v) is 6.45. The van der Waals surface area contributed by atoms with Crippen molar-refractivity contribution in [1.82, 2.24) is 0 Å². The molecule has 1 amide bonds. The Morgan fingerprint density at radius 3 is 2.16 bits per heavy atom.